The van der Waals surface area contributed by atoms with E-state index in [1.807, 2.05) is 30.3 Å². The molecule has 3 unspecified atom stereocenters. The van der Waals surface area contributed by atoms with Crippen LogP contribution in [0, 0.1) is 12.8 Å². The van der Waals surface area contributed by atoms with Gasteiger partial charge < -0.3 is 10.1 Å². The number of anilines is 1. The van der Waals surface area contributed by atoms with Crippen LogP contribution < -0.4 is 5.32 Å². The largest absolute Gasteiger partial charge is 0.465 e. The smallest absolute Gasteiger partial charge is 0.337 e. The lowest BCUT2D eigenvalue weighted by molar-refractivity contribution is 0.0600. The van der Waals surface area contributed by atoms with Crippen molar-refractivity contribution in [3.63, 3.8) is 0 Å². The molecule has 25 heavy (non-hydrogen) atoms. The second-order valence-corrected chi connectivity index (χ2v) is 7.13. The maximum absolute atomic E-state index is 11.7. The monoisotopic (exact) mass is 353 g/mol. The van der Waals surface area contributed by atoms with Gasteiger partial charge >= 0.3 is 5.97 Å². The van der Waals surface area contributed by atoms with Gasteiger partial charge in [-0.25, -0.2) is 4.79 Å². The average Bonchev–Trinajstić information content (AvgIpc) is 3.13. The third-order valence-corrected chi connectivity index (χ3v) is 5.83. The van der Waals surface area contributed by atoms with E-state index in [-0.39, 0.29) is 12.0 Å². The number of allylic oxidation sites excluding steroid dienone is 2. The Kier molecular flexibility index (Phi) is 4.04. The molecular formula is C21H20ClNO2. The molecular weight excluding hydrogens is 334 g/mol. The third-order valence-electron chi connectivity index (χ3n) is 5.42. The van der Waals surface area contributed by atoms with Crippen molar-refractivity contribution in [1.82, 2.24) is 0 Å². The fraction of sp³-hybridized carbons (Fsp3) is 0.286. The Morgan fingerprint density at radius 1 is 1.20 bits per heavy atom. The first kappa shape index (κ1) is 16.2. The lowest BCUT2D eigenvalue weighted by Crippen LogP contribution is -2.29. The molecule has 2 aliphatic rings. The van der Waals surface area contributed by atoms with Crippen LogP contribution in [-0.4, -0.2) is 13.1 Å². The standard InChI is InChI=1S/C21H20ClNO2/c1-12-18(22)11-10-17-15-4-3-5-16(15)20(23-19(12)17)13-6-8-14(9-7-13)21(24)25-2/h3-4,6-11,15-16,20,23H,5H2,1-2H3. The van der Waals surface area contributed by atoms with Gasteiger partial charge in [0, 0.05) is 16.6 Å². The summed E-state index contributed by atoms with van der Waals surface area (Å²) in [5, 5.41) is 4.50. The first-order chi connectivity index (χ1) is 12.1. The minimum absolute atomic E-state index is 0.191. The van der Waals surface area contributed by atoms with Crippen LogP contribution in [0.3, 0.4) is 0 Å². The van der Waals surface area contributed by atoms with E-state index < -0.39 is 0 Å². The predicted molar refractivity (Wildman–Crippen MR) is 100 cm³/mol. The second-order valence-electron chi connectivity index (χ2n) is 6.73. The normalized spacial score (nSPS) is 23.6. The van der Waals surface area contributed by atoms with Crippen molar-refractivity contribution in [3.8, 4) is 0 Å². The Labute approximate surface area is 152 Å². The molecule has 0 spiro atoms. The molecule has 1 aliphatic carbocycles. The number of carbonyl (C=O) groups excluding carboxylic acids is 1. The molecule has 2 aromatic carbocycles. The van der Waals surface area contributed by atoms with Crippen molar-refractivity contribution in [2.75, 3.05) is 12.4 Å². The molecule has 1 aliphatic heterocycles. The van der Waals surface area contributed by atoms with Gasteiger partial charge in [-0.15, -0.1) is 0 Å². The van der Waals surface area contributed by atoms with E-state index in [4.69, 9.17) is 16.3 Å². The number of hydrogen-bond acceptors (Lipinski definition) is 3. The number of halogens is 1. The van der Waals surface area contributed by atoms with Gasteiger partial charge in [-0.3, -0.25) is 0 Å². The number of methoxy groups -OCH3 is 1. The quantitative estimate of drug-likeness (QED) is 0.591. The lowest BCUT2D eigenvalue weighted by Gasteiger charge is -2.38. The van der Waals surface area contributed by atoms with Crippen molar-refractivity contribution >= 4 is 23.3 Å². The molecule has 0 amide bonds. The van der Waals surface area contributed by atoms with Gasteiger partial charge in [0.15, 0.2) is 0 Å². The zero-order valence-electron chi connectivity index (χ0n) is 14.3. The van der Waals surface area contributed by atoms with E-state index in [9.17, 15) is 4.79 Å². The zero-order valence-corrected chi connectivity index (χ0v) is 15.0. The molecule has 0 aromatic heterocycles. The number of carbonyl (C=O) groups is 1. The highest BCUT2D eigenvalue weighted by molar-refractivity contribution is 6.31. The van der Waals surface area contributed by atoms with Gasteiger partial charge in [0.05, 0.1) is 18.7 Å². The molecule has 1 heterocycles. The second kappa shape index (κ2) is 6.23. The average molecular weight is 354 g/mol. The van der Waals surface area contributed by atoms with Crippen LogP contribution in [0.5, 0.6) is 0 Å². The summed E-state index contributed by atoms with van der Waals surface area (Å²) in [7, 11) is 1.40. The highest BCUT2D eigenvalue weighted by atomic mass is 35.5. The Balaban J connectivity index is 1.73. The van der Waals surface area contributed by atoms with Crippen LogP contribution in [0.15, 0.2) is 48.6 Å². The van der Waals surface area contributed by atoms with Crippen LogP contribution in [0.25, 0.3) is 0 Å². The number of hydrogen-bond donors (Lipinski definition) is 1. The zero-order chi connectivity index (χ0) is 17.6. The van der Waals surface area contributed by atoms with Crippen LogP contribution >= 0.6 is 11.6 Å². The van der Waals surface area contributed by atoms with Crippen molar-refractivity contribution < 1.29 is 9.53 Å². The highest BCUT2D eigenvalue weighted by Gasteiger charge is 2.38. The molecule has 3 atom stereocenters. The van der Waals surface area contributed by atoms with Gasteiger partial charge in [-0.05, 0) is 54.2 Å². The summed E-state index contributed by atoms with van der Waals surface area (Å²) in [4.78, 5) is 11.7. The first-order valence-corrected chi connectivity index (χ1v) is 8.88. The van der Waals surface area contributed by atoms with Crippen molar-refractivity contribution in [1.29, 1.82) is 0 Å². The Morgan fingerprint density at radius 3 is 2.68 bits per heavy atom. The van der Waals surface area contributed by atoms with Gasteiger partial charge in [-0.2, -0.15) is 0 Å². The predicted octanol–water partition coefficient (Wildman–Crippen LogP) is 5.26. The molecule has 0 saturated heterocycles. The SMILES string of the molecule is COC(=O)c1ccc(C2Nc3c(ccc(Cl)c3C)C3C=CCC32)cc1. The van der Waals surface area contributed by atoms with Crippen molar-refractivity contribution in [3.05, 3.63) is 75.8 Å². The summed E-state index contributed by atoms with van der Waals surface area (Å²) in [6.07, 6.45) is 5.63. The molecule has 0 fully saturated rings. The number of fused-ring (bicyclic) bond motifs is 3. The van der Waals surface area contributed by atoms with E-state index in [2.05, 4.69) is 30.5 Å². The third kappa shape index (κ3) is 2.63. The molecule has 4 heteroatoms. The number of ether oxygens (including phenoxy) is 1. The maximum atomic E-state index is 11.7. The first-order valence-electron chi connectivity index (χ1n) is 8.50. The van der Waals surface area contributed by atoms with Crippen molar-refractivity contribution in [2.24, 2.45) is 5.92 Å². The Bertz CT molecular complexity index is 857. The number of esters is 1. The lowest BCUT2D eigenvalue weighted by atomic mass is 9.76. The number of benzene rings is 2. The van der Waals surface area contributed by atoms with Gasteiger partial charge in [0.25, 0.3) is 0 Å². The fourth-order valence-electron chi connectivity index (χ4n) is 4.06. The highest BCUT2D eigenvalue weighted by Crippen LogP contribution is 2.51. The van der Waals surface area contributed by atoms with E-state index in [1.54, 1.807) is 0 Å². The van der Waals surface area contributed by atoms with Crippen molar-refractivity contribution in [2.45, 2.75) is 25.3 Å². The van der Waals surface area contributed by atoms with E-state index in [1.165, 1.54) is 18.2 Å². The summed E-state index contributed by atoms with van der Waals surface area (Å²) < 4.78 is 4.79. The number of nitrogens with one attached hydrogen (secondary N) is 1. The van der Waals surface area contributed by atoms with Crippen LogP contribution in [-0.2, 0) is 4.74 Å². The summed E-state index contributed by atoms with van der Waals surface area (Å²) in [6.45, 7) is 2.06. The summed E-state index contributed by atoms with van der Waals surface area (Å²) >= 11 is 6.34. The van der Waals surface area contributed by atoms with Crippen LogP contribution in [0.4, 0.5) is 5.69 Å². The summed E-state index contributed by atoms with van der Waals surface area (Å²) in [6, 6.07) is 12.0. The molecule has 0 saturated carbocycles. The van der Waals surface area contributed by atoms with Crippen LogP contribution in [0.1, 0.15) is 45.4 Å². The molecule has 2 aromatic rings. The van der Waals surface area contributed by atoms with Gasteiger partial charge in [-0.1, -0.05) is 42.0 Å². The number of rotatable bonds is 2. The summed E-state index contributed by atoms with van der Waals surface area (Å²) in [5.41, 5.74) is 5.30. The molecule has 3 nitrogen and oxygen atoms in total. The fourth-order valence-corrected chi connectivity index (χ4v) is 4.22. The van der Waals surface area contributed by atoms with E-state index in [0.717, 1.165) is 22.7 Å². The molecule has 0 radical (unpaired) electrons. The molecule has 0 bridgehead atoms. The topological polar surface area (TPSA) is 38.3 Å². The molecule has 4 rings (SSSR count). The molecule has 128 valence electrons. The Morgan fingerprint density at radius 2 is 1.96 bits per heavy atom. The summed E-state index contributed by atoms with van der Waals surface area (Å²) in [5.74, 6) is 0.561. The van der Waals surface area contributed by atoms with Gasteiger partial charge in [0.2, 0.25) is 0 Å². The minimum Gasteiger partial charge on any atom is -0.465 e. The Hall–Kier alpha value is -2.26. The maximum Gasteiger partial charge on any atom is 0.337 e. The van der Waals surface area contributed by atoms with E-state index in [0.29, 0.717) is 17.4 Å². The van der Waals surface area contributed by atoms with Crippen LogP contribution in [0.2, 0.25) is 5.02 Å². The minimum atomic E-state index is -0.309. The van der Waals surface area contributed by atoms with E-state index >= 15 is 0 Å². The molecule has 1 N–H and O–H groups in total. The van der Waals surface area contributed by atoms with Gasteiger partial charge in [0.1, 0.15) is 0 Å².